The number of halogens is 3. The molecular formula is C19H20Cl3N3O3. The van der Waals surface area contributed by atoms with Crippen molar-refractivity contribution in [2.75, 3.05) is 37.9 Å². The van der Waals surface area contributed by atoms with Gasteiger partial charge in [-0.05, 0) is 43.8 Å². The predicted molar refractivity (Wildman–Crippen MR) is 114 cm³/mol. The van der Waals surface area contributed by atoms with Crippen molar-refractivity contribution in [2.24, 2.45) is 0 Å². The number of amides is 2. The highest BCUT2D eigenvalue weighted by Gasteiger charge is 2.14. The van der Waals surface area contributed by atoms with E-state index in [-0.39, 0.29) is 24.9 Å². The van der Waals surface area contributed by atoms with Crippen LogP contribution in [0.15, 0.2) is 30.3 Å². The zero-order valence-corrected chi connectivity index (χ0v) is 17.9. The summed E-state index contributed by atoms with van der Waals surface area (Å²) in [6, 6.07) is 8.17. The number of rotatable bonds is 7. The third-order valence-corrected chi connectivity index (χ3v) is 4.93. The zero-order valence-electron chi connectivity index (χ0n) is 15.6. The predicted octanol–water partition coefficient (Wildman–Crippen LogP) is 4.47. The van der Waals surface area contributed by atoms with E-state index in [1.165, 1.54) is 7.11 Å². The van der Waals surface area contributed by atoms with E-state index in [1.807, 2.05) is 6.92 Å². The molecule has 0 spiro atoms. The van der Waals surface area contributed by atoms with Gasteiger partial charge in [-0.3, -0.25) is 14.5 Å². The Balaban J connectivity index is 1.91. The first-order chi connectivity index (χ1) is 13.2. The van der Waals surface area contributed by atoms with Crippen molar-refractivity contribution in [3.05, 3.63) is 51.0 Å². The number of benzene rings is 2. The molecule has 0 atom stereocenters. The molecule has 0 bridgehead atoms. The highest BCUT2D eigenvalue weighted by molar-refractivity contribution is 6.42. The molecule has 0 aromatic heterocycles. The van der Waals surface area contributed by atoms with Gasteiger partial charge in [0.15, 0.2) is 0 Å². The molecule has 0 aliphatic rings. The Morgan fingerprint density at radius 3 is 2.21 bits per heavy atom. The van der Waals surface area contributed by atoms with Crippen LogP contribution < -0.4 is 15.4 Å². The summed E-state index contributed by atoms with van der Waals surface area (Å²) in [7, 11) is 3.16. The molecule has 0 fully saturated rings. The fourth-order valence-corrected chi connectivity index (χ4v) is 2.89. The van der Waals surface area contributed by atoms with Crippen molar-refractivity contribution in [1.29, 1.82) is 0 Å². The van der Waals surface area contributed by atoms with Crippen LogP contribution in [0.4, 0.5) is 11.4 Å². The van der Waals surface area contributed by atoms with Crippen LogP contribution in [0.3, 0.4) is 0 Å². The number of carbonyl (C=O) groups excluding carboxylic acids is 2. The summed E-state index contributed by atoms with van der Waals surface area (Å²) in [5, 5.41) is 6.77. The molecule has 6 nitrogen and oxygen atoms in total. The Labute approximate surface area is 178 Å². The van der Waals surface area contributed by atoms with Crippen molar-refractivity contribution < 1.29 is 14.3 Å². The van der Waals surface area contributed by atoms with Gasteiger partial charge in [0.1, 0.15) is 5.75 Å². The Bertz CT molecular complexity index is 890. The van der Waals surface area contributed by atoms with Crippen molar-refractivity contribution in [3.8, 4) is 5.75 Å². The number of nitrogens with zero attached hydrogens (tertiary/aromatic N) is 1. The summed E-state index contributed by atoms with van der Waals surface area (Å²) in [5.74, 6) is -0.109. The van der Waals surface area contributed by atoms with E-state index in [2.05, 4.69) is 10.6 Å². The van der Waals surface area contributed by atoms with E-state index < -0.39 is 0 Å². The number of likely N-dealkylation sites (N-methyl/N-ethyl adjacent to an activating group) is 1. The third-order valence-electron chi connectivity index (χ3n) is 3.79. The maximum atomic E-state index is 12.3. The van der Waals surface area contributed by atoms with E-state index in [9.17, 15) is 9.59 Å². The number of hydrogen-bond acceptors (Lipinski definition) is 4. The second-order valence-corrected chi connectivity index (χ2v) is 7.42. The summed E-state index contributed by atoms with van der Waals surface area (Å²) in [4.78, 5) is 26.0. The first kappa shape index (κ1) is 22.3. The first-order valence-corrected chi connectivity index (χ1v) is 9.40. The van der Waals surface area contributed by atoms with Gasteiger partial charge >= 0.3 is 0 Å². The minimum Gasteiger partial charge on any atom is -0.495 e. The molecule has 2 N–H and O–H groups in total. The van der Waals surface area contributed by atoms with Gasteiger partial charge in [0.2, 0.25) is 11.8 Å². The smallest absolute Gasteiger partial charge is 0.238 e. The molecule has 2 aromatic carbocycles. The topological polar surface area (TPSA) is 70.7 Å². The largest absolute Gasteiger partial charge is 0.495 e. The Morgan fingerprint density at radius 2 is 1.61 bits per heavy atom. The normalized spacial score (nSPS) is 10.7. The van der Waals surface area contributed by atoms with Crippen LogP contribution in [0.2, 0.25) is 15.1 Å². The summed E-state index contributed by atoms with van der Waals surface area (Å²) >= 11 is 17.8. The lowest BCUT2D eigenvalue weighted by atomic mass is 10.2. The van der Waals surface area contributed by atoms with Crippen LogP contribution in [0.25, 0.3) is 0 Å². The molecule has 0 heterocycles. The SMILES string of the molecule is COc1cc(Cl)c(C)cc1NC(=O)CN(C)CC(=O)Nc1ccc(Cl)c(Cl)c1. The Hall–Kier alpha value is -1.99. The molecule has 28 heavy (non-hydrogen) atoms. The van der Waals surface area contributed by atoms with Gasteiger partial charge in [-0.25, -0.2) is 0 Å². The number of aryl methyl sites for hydroxylation is 1. The minimum absolute atomic E-state index is 0.0135. The highest BCUT2D eigenvalue weighted by Crippen LogP contribution is 2.31. The van der Waals surface area contributed by atoms with E-state index >= 15 is 0 Å². The van der Waals surface area contributed by atoms with Crippen LogP contribution >= 0.6 is 34.8 Å². The maximum absolute atomic E-state index is 12.3. The lowest BCUT2D eigenvalue weighted by molar-refractivity contribution is -0.119. The molecule has 2 aromatic rings. The van der Waals surface area contributed by atoms with Gasteiger partial charge in [0, 0.05) is 16.8 Å². The second-order valence-electron chi connectivity index (χ2n) is 6.20. The number of hydrogen-bond donors (Lipinski definition) is 2. The van der Waals surface area contributed by atoms with Gasteiger partial charge in [-0.15, -0.1) is 0 Å². The van der Waals surface area contributed by atoms with Crippen LogP contribution in [0, 0.1) is 6.92 Å². The Morgan fingerprint density at radius 1 is 0.964 bits per heavy atom. The second kappa shape index (κ2) is 9.98. The number of carbonyl (C=O) groups is 2. The Kier molecular flexibility index (Phi) is 7.95. The van der Waals surface area contributed by atoms with E-state index in [0.29, 0.717) is 32.2 Å². The van der Waals surface area contributed by atoms with Gasteiger partial charge in [-0.1, -0.05) is 34.8 Å². The molecule has 0 radical (unpaired) electrons. The molecule has 150 valence electrons. The molecule has 9 heteroatoms. The molecule has 0 saturated carbocycles. The quantitative estimate of drug-likeness (QED) is 0.661. The van der Waals surface area contributed by atoms with Crippen LogP contribution in [0.5, 0.6) is 5.75 Å². The highest BCUT2D eigenvalue weighted by atomic mass is 35.5. The zero-order chi connectivity index (χ0) is 20.8. The van der Waals surface area contributed by atoms with Crippen LogP contribution in [0.1, 0.15) is 5.56 Å². The molecule has 0 saturated heterocycles. The molecule has 0 unspecified atom stereocenters. The molecule has 2 amide bonds. The first-order valence-electron chi connectivity index (χ1n) is 8.27. The van der Waals surface area contributed by atoms with Gasteiger partial charge < -0.3 is 15.4 Å². The summed E-state index contributed by atoms with van der Waals surface area (Å²) in [5.41, 5.74) is 1.86. The molecular weight excluding hydrogens is 425 g/mol. The van der Waals surface area contributed by atoms with Gasteiger partial charge in [0.25, 0.3) is 0 Å². The van der Waals surface area contributed by atoms with E-state index in [1.54, 1.807) is 42.3 Å². The fraction of sp³-hybridized carbons (Fsp3) is 0.263. The lowest BCUT2D eigenvalue weighted by Crippen LogP contribution is -2.36. The van der Waals surface area contributed by atoms with Crippen molar-refractivity contribution in [2.45, 2.75) is 6.92 Å². The molecule has 0 aliphatic carbocycles. The van der Waals surface area contributed by atoms with Crippen LogP contribution in [-0.2, 0) is 9.59 Å². The van der Waals surface area contributed by atoms with Gasteiger partial charge in [-0.2, -0.15) is 0 Å². The van der Waals surface area contributed by atoms with Crippen molar-refractivity contribution in [3.63, 3.8) is 0 Å². The van der Waals surface area contributed by atoms with Crippen molar-refractivity contribution in [1.82, 2.24) is 4.90 Å². The standard InChI is InChI=1S/C19H20Cl3N3O3/c1-11-6-16(17(28-3)8-14(11)21)24-19(27)10-25(2)9-18(26)23-12-4-5-13(20)15(22)7-12/h4-8H,9-10H2,1-3H3,(H,23,26)(H,24,27). The number of methoxy groups -OCH3 is 1. The number of ether oxygens (including phenoxy) is 1. The average molecular weight is 445 g/mol. The van der Waals surface area contributed by atoms with Crippen molar-refractivity contribution >= 4 is 58.0 Å². The lowest BCUT2D eigenvalue weighted by Gasteiger charge is -2.17. The number of nitrogens with one attached hydrogen (secondary N) is 2. The number of anilines is 2. The van der Waals surface area contributed by atoms with E-state index in [0.717, 1.165) is 5.56 Å². The third kappa shape index (κ3) is 6.27. The van der Waals surface area contributed by atoms with E-state index in [4.69, 9.17) is 39.5 Å². The molecule has 2 rings (SSSR count). The summed E-state index contributed by atoms with van der Waals surface area (Å²) in [6.07, 6.45) is 0. The summed E-state index contributed by atoms with van der Waals surface area (Å²) in [6.45, 7) is 1.86. The monoisotopic (exact) mass is 443 g/mol. The summed E-state index contributed by atoms with van der Waals surface area (Å²) < 4.78 is 5.24. The minimum atomic E-state index is -0.287. The maximum Gasteiger partial charge on any atom is 0.238 e. The van der Waals surface area contributed by atoms with Crippen LogP contribution in [-0.4, -0.2) is 44.0 Å². The fourth-order valence-electron chi connectivity index (χ4n) is 2.44. The van der Waals surface area contributed by atoms with Gasteiger partial charge in [0.05, 0.1) is 35.9 Å². The average Bonchev–Trinajstić information content (AvgIpc) is 2.60. The molecule has 0 aliphatic heterocycles.